The van der Waals surface area contributed by atoms with Gasteiger partial charge in [-0.2, -0.15) is 0 Å². The maximum absolute atomic E-state index is 12.8. The highest BCUT2D eigenvalue weighted by Crippen LogP contribution is 2.29. The summed E-state index contributed by atoms with van der Waals surface area (Å²) in [5.41, 5.74) is 3.49. The van der Waals surface area contributed by atoms with Gasteiger partial charge < -0.3 is 29.2 Å². The Morgan fingerprint density at radius 2 is 1.53 bits per heavy atom. The van der Waals surface area contributed by atoms with E-state index in [1.807, 2.05) is 42.5 Å². The van der Waals surface area contributed by atoms with Crippen LogP contribution in [0.15, 0.2) is 48.5 Å². The van der Waals surface area contributed by atoms with Crippen LogP contribution in [0.5, 0.6) is 0 Å². The molecular formula is C28H35N3O7. The Bertz CT molecular complexity index is 1080. The van der Waals surface area contributed by atoms with Gasteiger partial charge in [0.15, 0.2) is 0 Å². The number of carbonyl (C=O) groups is 3. The minimum absolute atomic E-state index is 0.175. The van der Waals surface area contributed by atoms with Crippen molar-refractivity contribution in [2.45, 2.75) is 32.0 Å². The van der Waals surface area contributed by atoms with E-state index in [1.165, 1.54) is 0 Å². The Morgan fingerprint density at radius 1 is 0.842 bits per heavy atom. The summed E-state index contributed by atoms with van der Waals surface area (Å²) in [6, 6.07) is 15.0. The molecule has 1 unspecified atom stereocenters. The molecule has 0 spiro atoms. The minimum atomic E-state index is -0.606. The average Bonchev–Trinajstić information content (AvgIpc) is 3.24. The van der Waals surface area contributed by atoms with Gasteiger partial charge in [0.2, 0.25) is 11.8 Å². The van der Waals surface area contributed by atoms with Crippen LogP contribution in [-0.4, -0.2) is 81.5 Å². The van der Waals surface area contributed by atoms with E-state index in [2.05, 4.69) is 10.6 Å². The molecule has 38 heavy (non-hydrogen) atoms. The molecule has 4 rings (SSSR count). The van der Waals surface area contributed by atoms with Crippen LogP contribution in [0.25, 0.3) is 0 Å². The number of hydrogen-bond acceptors (Lipinski definition) is 8. The van der Waals surface area contributed by atoms with Crippen LogP contribution >= 0.6 is 0 Å². The van der Waals surface area contributed by atoms with Crippen LogP contribution < -0.4 is 10.6 Å². The molecule has 2 aliphatic rings. The van der Waals surface area contributed by atoms with Gasteiger partial charge in [-0.25, -0.2) is 0 Å². The zero-order valence-corrected chi connectivity index (χ0v) is 21.5. The second kappa shape index (κ2) is 14.6. The average molecular weight is 526 g/mol. The largest absolute Gasteiger partial charge is 0.383 e. The number of amides is 3. The first-order valence-electron chi connectivity index (χ1n) is 13.0. The molecule has 3 amide bonds. The standard InChI is InChI=1S/C28H35N3O7/c32-26-9-8-25(27(33)30-26)31-19-22-18-23(6-7-24(22)28(31)34)29-10-11-35-12-13-36-14-15-37-16-17-38-20-21-4-2-1-3-5-21/h1-7,18,25,29H,8-17,19-20H2,(H,30,32,33). The highest BCUT2D eigenvalue weighted by atomic mass is 16.6. The van der Waals surface area contributed by atoms with Crippen LogP contribution in [0.2, 0.25) is 0 Å². The number of carbonyl (C=O) groups excluding carboxylic acids is 3. The number of imide groups is 1. The van der Waals surface area contributed by atoms with E-state index in [0.29, 0.717) is 77.9 Å². The predicted octanol–water partition coefficient (Wildman–Crippen LogP) is 2.13. The van der Waals surface area contributed by atoms with E-state index in [0.717, 1.165) is 16.8 Å². The molecule has 2 heterocycles. The quantitative estimate of drug-likeness (QED) is 0.253. The molecule has 0 saturated carbocycles. The Hall–Kier alpha value is -3.31. The number of benzene rings is 2. The van der Waals surface area contributed by atoms with Gasteiger partial charge in [-0.05, 0) is 35.7 Å². The molecule has 1 atom stereocenters. The van der Waals surface area contributed by atoms with Crippen LogP contribution in [0.3, 0.4) is 0 Å². The summed E-state index contributed by atoms with van der Waals surface area (Å²) >= 11 is 0. The summed E-state index contributed by atoms with van der Waals surface area (Å²) in [5, 5.41) is 5.61. The maximum Gasteiger partial charge on any atom is 0.255 e. The van der Waals surface area contributed by atoms with Crippen molar-refractivity contribution in [3.8, 4) is 0 Å². The monoisotopic (exact) mass is 525 g/mol. The van der Waals surface area contributed by atoms with Crippen LogP contribution in [0, 0.1) is 0 Å². The van der Waals surface area contributed by atoms with Crippen molar-refractivity contribution in [2.24, 2.45) is 0 Å². The number of rotatable bonds is 16. The van der Waals surface area contributed by atoms with E-state index >= 15 is 0 Å². The van der Waals surface area contributed by atoms with E-state index in [-0.39, 0.29) is 18.2 Å². The van der Waals surface area contributed by atoms with Crippen molar-refractivity contribution >= 4 is 23.4 Å². The number of nitrogens with zero attached hydrogens (tertiary/aromatic N) is 1. The maximum atomic E-state index is 12.8. The number of fused-ring (bicyclic) bond motifs is 1. The summed E-state index contributed by atoms with van der Waals surface area (Å²) in [4.78, 5) is 37.9. The molecule has 2 N–H and O–H groups in total. The molecule has 0 radical (unpaired) electrons. The lowest BCUT2D eigenvalue weighted by Gasteiger charge is -2.29. The Balaban J connectivity index is 1.01. The number of hydrogen-bond donors (Lipinski definition) is 2. The predicted molar refractivity (Wildman–Crippen MR) is 140 cm³/mol. The van der Waals surface area contributed by atoms with Gasteiger partial charge in [-0.1, -0.05) is 30.3 Å². The zero-order valence-electron chi connectivity index (χ0n) is 21.5. The van der Waals surface area contributed by atoms with Crippen LogP contribution in [-0.2, 0) is 41.7 Å². The first kappa shape index (κ1) is 27.7. The molecule has 204 valence electrons. The third-order valence-electron chi connectivity index (χ3n) is 6.33. The molecule has 1 fully saturated rings. The molecule has 2 aromatic rings. The molecule has 2 aliphatic heterocycles. The van der Waals surface area contributed by atoms with Gasteiger partial charge in [0.25, 0.3) is 5.91 Å². The highest BCUT2D eigenvalue weighted by molar-refractivity contribution is 6.05. The third kappa shape index (κ3) is 8.09. The van der Waals surface area contributed by atoms with Crippen LogP contribution in [0.1, 0.15) is 34.3 Å². The summed E-state index contributed by atoms with van der Waals surface area (Å²) in [7, 11) is 0. The third-order valence-corrected chi connectivity index (χ3v) is 6.33. The summed E-state index contributed by atoms with van der Waals surface area (Å²) < 4.78 is 22.2. The van der Waals surface area contributed by atoms with Crippen molar-refractivity contribution in [1.82, 2.24) is 10.2 Å². The normalized spacial score (nSPS) is 17.0. The number of piperidine rings is 1. The summed E-state index contributed by atoms with van der Waals surface area (Å²) in [5.74, 6) is -0.870. The van der Waals surface area contributed by atoms with Crippen molar-refractivity contribution < 1.29 is 33.3 Å². The number of anilines is 1. The molecule has 1 saturated heterocycles. The Labute approximate surface area is 222 Å². The lowest BCUT2D eigenvalue weighted by Crippen LogP contribution is -2.52. The van der Waals surface area contributed by atoms with E-state index in [9.17, 15) is 14.4 Å². The van der Waals surface area contributed by atoms with Crippen molar-refractivity contribution in [3.05, 3.63) is 65.2 Å². The van der Waals surface area contributed by atoms with E-state index in [1.54, 1.807) is 11.0 Å². The minimum Gasteiger partial charge on any atom is -0.383 e. The first-order valence-corrected chi connectivity index (χ1v) is 13.0. The second-order valence-electron chi connectivity index (χ2n) is 9.07. The Kier molecular flexibility index (Phi) is 10.6. The van der Waals surface area contributed by atoms with Gasteiger partial charge in [0, 0.05) is 30.8 Å². The topological polar surface area (TPSA) is 115 Å². The molecule has 10 heteroatoms. The molecule has 0 aliphatic carbocycles. The second-order valence-corrected chi connectivity index (χ2v) is 9.07. The number of nitrogens with one attached hydrogen (secondary N) is 2. The fraction of sp³-hybridized carbons (Fsp3) is 0.464. The number of ether oxygens (including phenoxy) is 4. The highest BCUT2D eigenvalue weighted by Gasteiger charge is 2.39. The lowest BCUT2D eigenvalue weighted by molar-refractivity contribution is -0.136. The van der Waals surface area contributed by atoms with Gasteiger partial charge in [0.1, 0.15) is 6.04 Å². The SMILES string of the molecule is O=C1CCC(N2Cc3cc(NCCOCCOCCOCCOCc4ccccc4)ccc3C2=O)C(=O)N1. The molecule has 10 nitrogen and oxygen atoms in total. The molecule has 0 aromatic heterocycles. The summed E-state index contributed by atoms with van der Waals surface area (Å²) in [6.07, 6.45) is 0.598. The molecular weight excluding hydrogens is 490 g/mol. The zero-order chi connectivity index (χ0) is 26.6. The molecule has 0 bridgehead atoms. The lowest BCUT2D eigenvalue weighted by atomic mass is 10.0. The summed E-state index contributed by atoms with van der Waals surface area (Å²) in [6.45, 7) is 5.13. The van der Waals surface area contributed by atoms with Gasteiger partial charge in [-0.3, -0.25) is 19.7 Å². The fourth-order valence-corrected chi connectivity index (χ4v) is 4.38. The Morgan fingerprint density at radius 3 is 2.24 bits per heavy atom. The van der Waals surface area contributed by atoms with Gasteiger partial charge >= 0.3 is 0 Å². The van der Waals surface area contributed by atoms with E-state index < -0.39 is 11.9 Å². The van der Waals surface area contributed by atoms with Crippen molar-refractivity contribution in [3.63, 3.8) is 0 Å². The van der Waals surface area contributed by atoms with Gasteiger partial charge in [-0.15, -0.1) is 0 Å². The smallest absolute Gasteiger partial charge is 0.255 e. The van der Waals surface area contributed by atoms with Gasteiger partial charge in [0.05, 0.1) is 52.9 Å². The first-order chi connectivity index (χ1) is 18.6. The molecule has 2 aromatic carbocycles. The van der Waals surface area contributed by atoms with Crippen molar-refractivity contribution in [1.29, 1.82) is 0 Å². The van der Waals surface area contributed by atoms with Crippen LogP contribution in [0.4, 0.5) is 5.69 Å². The van der Waals surface area contributed by atoms with Crippen molar-refractivity contribution in [2.75, 3.05) is 58.1 Å². The fourth-order valence-electron chi connectivity index (χ4n) is 4.38. The van der Waals surface area contributed by atoms with E-state index in [4.69, 9.17) is 18.9 Å².